The number of aromatic nitrogens is 2. The van der Waals surface area contributed by atoms with Crippen molar-refractivity contribution in [3.05, 3.63) is 66.1 Å². The Morgan fingerprint density at radius 1 is 0.710 bits per heavy atom. The van der Waals surface area contributed by atoms with Crippen molar-refractivity contribution in [2.24, 2.45) is 16.8 Å². The van der Waals surface area contributed by atoms with Gasteiger partial charge in [0.1, 0.15) is 23.7 Å². The lowest BCUT2D eigenvalue weighted by molar-refractivity contribution is -0.153. The van der Waals surface area contributed by atoms with E-state index in [1.54, 1.807) is 16.0 Å². The van der Waals surface area contributed by atoms with E-state index < -0.39 is 47.9 Å². The first-order valence-corrected chi connectivity index (χ1v) is 21.2. The van der Waals surface area contributed by atoms with Crippen molar-refractivity contribution >= 4 is 29.8 Å². The van der Waals surface area contributed by atoms with Gasteiger partial charge in [-0.2, -0.15) is 0 Å². The Morgan fingerprint density at radius 3 is 1.68 bits per heavy atom. The van der Waals surface area contributed by atoms with Crippen molar-refractivity contribution in [3.8, 4) is 22.4 Å². The normalized spacial score (nSPS) is 23.5. The van der Waals surface area contributed by atoms with Crippen LogP contribution in [0.2, 0.25) is 0 Å². The number of hydrogen-bond donors (Lipinski definition) is 4. The van der Waals surface area contributed by atoms with Gasteiger partial charge in [0.05, 0.1) is 90.3 Å². The van der Waals surface area contributed by atoms with Crippen molar-refractivity contribution in [1.29, 1.82) is 0 Å². The summed E-state index contributed by atoms with van der Waals surface area (Å²) in [5.41, 5.74) is 4.83. The van der Waals surface area contributed by atoms with Gasteiger partial charge in [0.2, 0.25) is 11.8 Å². The second-order valence-corrected chi connectivity index (χ2v) is 17.1. The van der Waals surface area contributed by atoms with E-state index in [2.05, 4.69) is 57.3 Å². The van der Waals surface area contributed by atoms with Crippen LogP contribution in [0.1, 0.15) is 64.0 Å². The van der Waals surface area contributed by atoms with Crippen LogP contribution in [0.4, 0.5) is 9.59 Å². The molecule has 4 N–H and O–H groups in total. The zero-order valence-corrected chi connectivity index (χ0v) is 36.0. The number of imidazole rings is 1. The maximum atomic E-state index is 14.0. The fourth-order valence-electron chi connectivity index (χ4n) is 9.05. The number of nitrogens with one attached hydrogen (secondary N) is 4. The molecule has 1 aromatic heterocycles. The molecule has 5 atom stereocenters. The third kappa shape index (κ3) is 8.60. The number of H-pyrrole nitrogens is 1. The van der Waals surface area contributed by atoms with Crippen molar-refractivity contribution in [3.63, 3.8) is 0 Å². The summed E-state index contributed by atoms with van der Waals surface area (Å²) in [6.45, 7) is 10.2. The number of carbonyl (C=O) groups is 4. The fraction of sp³-hybridized carbons (Fsp3) is 0.545. The molecule has 18 heteroatoms. The van der Waals surface area contributed by atoms with Crippen LogP contribution in [0.3, 0.4) is 0 Å². The zero-order chi connectivity index (χ0) is 43.8. The molecule has 2 aromatic carbocycles. The van der Waals surface area contributed by atoms with Gasteiger partial charge >= 0.3 is 12.2 Å². The molecule has 4 amide bonds. The van der Waals surface area contributed by atoms with E-state index >= 15 is 0 Å². The molecular weight excluding hydrogens is 801 g/mol. The maximum absolute atomic E-state index is 14.0. The predicted molar refractivity (Wildman–Crippen MR) is 224 cm³/mol. The number of alkyl carbamates (subject to hydrolysis) is 2. The second kappa shape index (κ2) is 17.7. The summed E-state index contributed by atoms with van der Waals surface area (Å²) < 4.78 is 33.7. The van der Waals surface area contributed by atoms with E-state index in [-0.39, 0.29) is 42.8 Å². The third-order valence-corrected chi connectivity index (χ3v) is 12.4. The van der Waals surface area contributed by atoms with E-state index in [1.165, 1.54) is 14.2 Å². The van der Waals surface area contributed by atoms with Crippen LogP contribution >= 0.6 is 0 Å². The number of hydrogen-bond acceptors (Lipinski definition) is 13. The molecule has 5 aliphatic rings. The quantitative estimate of drug-likeness (QED) is 0.217. The SMILES string of the molecule is COC(=O)N[C@H](C(=O)N1CC2(C[C@H]1C1=NCC(c3ccc(-c4ccc(-c5cnc([C@@H]6CC7(CN6C(=O)[C@@H](NC(=O)OC)C(C)C)OCCO7)[nH]5)cc4)cc3)N1)OCCO2)C(C)C. The standard InChI is InChI=1S/C44H56N8O10/c1-25(2)35(49-41(55)57-5)39(53)51-23-43(59-15-16-60-43)19-33(51)37-45-21-31(47-37)29-11-7-27(8-12-29)28-9-13-30(14-10-28)32-22-46-38(48-32)34-20-44(61-17-18-62-44)24-52(34)40(54)36(26(3)4)50-42(56)58-6/h7-14,21,25-26,32-36H,15-20,22-24H2,1-6H3,(H,45,47)(H,46,48)(H,49,55)(H,50,56)/t32?,33-,34-,35-,36-/m0/s1. The molecule has 0 saturated carbocycles. The van der Waals surface area contributed by atoms with Gasteiger partial charge < -0.3 is 59.2 Å². The summed E-state index contributed by atoms with van der Waals surface area (Å²) in [6.07, 6.45) is 1.24. The lowest BCUT2D eigenvalue weighted by Crippen LogP contribution is -2.55. The lowest BCUT2D eigenvalue weighted by atomic mass is 9.99. The number of rotatable bonds is 11. The van der Waals surface area contributed by atoms with Crippen molar-refractivity contribution in [2.75, 3.05) is 60.3 Å². The molecular formula is C44H56N8O10. The Hall–Kier alpha value is -5.56. The maximum Gasteiger partial charge on any atom is 0.407 e. The van der Waals surface area contributed by atoms with Gasteiger partial charge in [-0.1, -0.05) is 76.2 Å². The summed E-state index contributed by atoms with van der Waals surface area (Å²) in [4.78, 5) is 68.7. The molecule has 1 unspecified atom stereocenters. The summed E-state index contributed by atoms with van der Waals surface area (Å²) in [6, 6.07) is 13.9. The van der Waals surface area contributed by atoms with E-state index in [0.29, 0.717) is 57.5 Å². The highest BCUT2D eigenvalue weighted by atomic mass is 16.7. The van der Waals surface area contributed by atoms with Crippen LogP contribution in [0.15, 0.2) is 59.7 Å². The molecule has 0 bridgehead atoms. The monoisotopic (exact) mass is 856 g/mol. The minimum absolute atomic E-state index is 0.0999. The van der Waals surface area contributed by atoms with E-state index in [4.69, 9.17) is 38.4 Å². The molecule has 6 heterocycles. The summed E-state index contributed by atoms with van der Waals surface area (Å²) in [7, 11) is 2.54. The van der Waals surface area contributed by atoms with Gasteiger partial charge in [0.25, 0.3) is 0 Å². The van der Waals surface area contributed by atoms with Crippen LogP contribution < -0.4 is 16.0 Å². The first-order chi connectivity index (χ1) is 29.8. The number of likely N-dealkylation sites (tertiary alicyclic amines) is 2. The fourth-order valence-corrected chi connectivity index (χ4v) is 9.05. The number of aliphatic imine (C=N–C) groups is 1. The minimum atomic E-state index is -0.940. The first-order valence-electron chi connectivity index (χ1n) is 21.2. The molecule has 62 heavy (non-hydrogen) atoms. The Balaban J connectivity index is 0.933. The zero-order valence-electron chi connectivity index (χ0n) is 36.0. The van der Waals surface area contributed by atoms with Crippen LogP contribution in [0.25, 0.3) is 22.4 Å². The topological polar surface area (TPSA) is 207 Å². The highest BCUT2D eigenvalue weighted by molar-refractivity contribution is 5.96. The largest absolute Gasteiger partial charge is 0.453 e. The number of ether oxygens (including phenoxy) is 6. The summed E-state index contributed by atoms with van der Waals surface area (Å²) in [5, 5.41) is 8.97. The molecule has 4 saturated heterocycles. The molecule has 0 aliphatic carbocycles. The molecule has 0 radical (unpaired) electrons. The number of amides is 4. The van der Waals surface area contributed by atoms with E-state index in [9.17, 15) is 19.2 Å². The average Bonchev–Trinajstić information content (AvgIpc) is 4.15. The third-order valence-electron chi connectivity index (χ3n) is 12.4. The van der Waals surface area contributed by atoms with Crippen LogP contribution in [0.5, 0.6) is 0 Å². The Kier molecular flexibility index (Phi) is 12.3. The highest BCUT2D eigenvalue weighted by Crippen LogP contribution is 2.43. The number of benzene rings is 2. The molecule has 5 aliphatic heterocycles. The molecule has 2 spiro atoms. The highest BCUT2D eigenvalue weighted by Gasteiger charge is 2.54. The van der Waals surface area contributed by atoms with Gasteiger partial charge in [-0.3, -0.25) is 14.6 Å². The molecule has 3 aromatic rings. The summed E-state index contributed by atoms with van der Waals surface area (Å²) >= 11 is 0. The first kappa shape index (κ1) is 43.1. The van der Waals surface area contributed by atoms with Crippen molar-refractivity contribution in [2.45, 2.75) is 82.3 Å². The Labute approximate surface area is 360 Å². The van der Waals surface area contributed by atoms with Crippen LogP contribution in [-0.2, 0) is 38.0 Å². The van der Waals surface area contributed by atoms with E-state index in [0.717, 1.165) is 27.9 Å². The average molecular weight is 857 g/mol. The number of aromatic amines is 1. The molecule has 8 rings (SSSR count). The number of carbonyl (C=O) groups excluding carboxylic acids is 4. The van der Waals surface area contributed by atoms with Gasteiger partial charge in [-0.15, -0.1) is 0 Å². The predicted octanol–water partition coefficient (Wildman–Crippen LogP) is 3.91. The van der Waals surface area contributed by atoms with Gasteiger partial charge in [0.15, 0.2) is 11.6 Å². The number of amidine groups is 1. The summed E-state index contributed by atoms with van der Waals surface area (Å²) in [5.74, 6) is -1.48. The number of nitrogens with zero attached hydrogens (tertiary/aromatic N) is 4. The minimum Gasteiger partial charge on any atom is -0.453 e. The Bertz CT molecular complexity index is 2150. The second-order valence-electron chi connectivity index (χ2n) is 17.1. The molecule has 18 nitrogen and oxygen atoms in total. The smallest absolute Gasteiger partial charge is 0.407 e. The van der Waals surface area contributed by atoms with Crippen LogP contribution in [-0.4, -0.2) is 140 Å². The van der Waals surface area contributed by atoms with Crippen molar-refractivity contribution in [1.82, 2.24) is 35.7 Å². The van der Waals surface area contributed by atoms with Gasteiger partial charge in [-0.25, -0.2) is 14.6 Å². The lowest BCUT2D eigenvalue weighted by Gasteiger charge is -2.31. The number of methoxy groups -OCH3 is 2. The Morgan fingerprint density at radius 2 is 1.18 bits per heavy atom. The van der Waals surface area contributed by atoms with Gasteiger partial charge in [0, 0.05) is 12.8 Å². The molecule has 4 fully saturated rings. The van der Waals surface area contributed by atoms with Crippen molar-refractivity contribution < 1.29 is 47.6 Å². The van der Waals surface area contributed by atoms with Gasteiger partial charge in [-0.05, 0) is 34.1 Å². The van der Waals surface area contributed by atoms with Crippen LogP contribution in [0, 0.1) is 11.8 Å². The molecule has 332 valence electrons. The van der Waals surface area contributed by atoms with E-state index in [1.807, 2.05) is 39.8 Å².